The lowest BCUT2D eigenvalue weighted by Crippen LogP contribution is -2.49. The van der Waals surface area contributed by atoms with Crippen molar-refractivity contribution in [2.45, 2.75) is 25.5 Å². The van der Waals surface area contributed by atoms with Crippen LogP contribution in [0.3, 0.4) is 0 Å². The molecule has 0 N–H and O–H groups in total. The lowest BCUT2D eigenvalue weighted by molar-refractivity contribution is -0.0738. The predicted octanol–water partition coefficient (Wildman–Crippen LogP) is 2.36. The molecule has 1 heterocycles. The molecule has 2 atom stereocenters. The van der Waals surface area contributed by atoms with E-state index in [1.807, 2.05) is 13.0 Å². The lowest BCUT2D eigenvalue weighted by Gasteiger charge is -2.39. The molecule has 0 amide bonds. The second-order valence-corrected chi connectivity index (χ2v) is 4.75. The van der Waals surface area contributed by atoms with Gasteiger partial charge in [0, 0.05) is 19.1 Å². The summed E-state index contributed by atoms with van der Waals surface area (Å²) in [5.41, 5.74) is 0.621. The molecule has 0 radical (unpaired) electrons. The van der Waals surface area contributed by atoms with Crippen LogP contribution in [0, 0.1) is 11.3 Å². The van der Waals surface area contributed by atoms with Gasteiger partial charge in [-0.15, -0.1) is 0 Å². The van der Waals surface area contributed by atoms with Crippen LogP contribution >= 0.6 is 0 Å². The Morgan fingerprint density at radius 1 is 1.41 bits per heavy atom. The molecule has 1 fully saturated rings. The number of hydrogen-bond acceptors (Lipinski definition) is 3. The quantitative estimate of drug-likeness (QED) is 0.782. The molecule has 0 aliphatic carbocycles. The number of ether oxygens (including phenoxy) is 1. The summed E-state index contributed by atoms with van der Waals surface area (Å²) in [6, 6.07) is 13.0. The van der Waals surface area contributed by atoms with Crippen LogP contribution in [0.25, 0.3) is 0 Å². The molecule has 0 spiro atoms. The number of benzene rings is 1. The zero-order valence-electron chi connectivity index (χ0n) is 10.4. The Labute approximate surface area is 103 Å². The maximum absolute atomic E-state index is 9.12. The number of nitriles is 1. The normalized spacial score (nSPS) is 27.4. The van der Waals surface area contributed by atoms with Crippen molar-refractivity contribution in [1.29, 1.82) is 5.26 Å². The first kappa shape index (κ1) is 12.1. The third kappa shape index (κ3) is 2.66. The summed E-state index contributed by atoms with van der Waals surface area (Å²) in [5.74, 6) is 0. The minimum Gasteiger partial charge on any atom is -0.358 e. The third-order valence-corrected chi connectivity index (χ3v) is 3.37. The first-order chi connectivity index (χ1) is 8.14. The molecule has 0 saturated carbocycles. The number of hydrogen-bond donors (Lipinski definition) is 0. The molecule has 17 heavy (non-hydrogen) atoms. The molecule has 0 aromatic heterocycles. The van der Waals surface area contributed by atoms with E-state index in [2.05, 4.69) is 42.2 Å². The third-order valence-electron chi connectivity index (χ3n) is 3.37. The van der Waals surface area contributed by atoms with Gasteiger partial charge in [0.25, 0.3) is 0 Å². The maximum Gasteiger partial charge on any atom is 0.164 e. The summed E-state index contributed by atoms with van der Waals surface area (Å²) in [6.07, 6.45) is 0. The van der Waals surface area contributed by atoms with Gasteiger partial charge in [-0.1, -0.05) is 30.3 Å². The standard InChI is InChI=1S/C14H18N2O/c1-12(13-6-4-3-5-7-13)16-8-9-17-14(2,10-15)11-16/h3-7,12H,8-9,11H2,1-2H3/t12-,14?/m1/s1. The Morgan fingerprint density at radius 3 is 2.76 bits per heavy atom. The molecule has 3 heteroatoms. The first-order valence-corrected chi connectivity index (χ1v) is 5.99. The summed E-state index contributed by atoms with van der Waals surface area (Å²) in [7, 11) is 0. The van der Waals surface area contributed by atoms with Crippen molar-refractivity contribution in [3.8, 4) is 6.07 Å². The second-order valence-electron chi connectivity index (χ2n) is 4.75. The highest BCUT2D eigenvalue weighted by Gasteiger charge is 2.34. The van der Waals surface area contributed by atoms with Crippen LogP contribution in [0.2, 0.25) is 0 Å². The van der Waals surface area contributed by atoms with E-state index in [9.17, 15) is 0 Å². The summed E-state index contributed by atoms with van der Waals surface area (Å²) in [5, 5.41) is 9.12. The number of morpholine rings is 1. The molecular weight excluding hydrogens is 212 g/mol. The van der Waals surface area contributed by atoms with Gasteiger partial charge in [0.05, 0.1) is 12.7 Å². The SMILES string of the molecule is C[C@H](c1ccccc1)N1CCOC(C)(C#N)C1. The van der Waals surface area contributed by atoms with Crippen LogP contribution in [-0.2, 0) is 4.74 Å². The van der Waals surface area contributed by atoms with Gasteiger partial charge in [0.15, 0.2) is 5.60 Å². The molecule has 0 bridgehead atoms. The maximum atomic E-state index is 9.12. The molecular formula is C14H18N2O. The lowest BCUT2D eigenvalue weighted by atomic mass is 10.0. The van der Waals surface area contributed by atoms with Crippen molar-refractivity contribution in [2.75, 3.05) is 19.7 Å². The average Bonchev–Trinajstić information content (AvgIpc) is 2.39. The van der Waals surface area contributed by atoms with E-state index in [4.69, 9.17) is 10.00 Å². The fourth-order valence-electron chi connectivity index (χ4n) is 2.24. The summed E-state index contributed by atoms with van der Waals surface area (Å²) in [6.45, 7) is 6.21. The van der Waals surface area contributed by atoms with Gasteiger partial charge in [0.1, 0.15) is 0 Å². The minimum atomic E-state index is -0.665. The zero-order chi connectivity index (χ0) is 12.3. The van der Waals surface area contributed by atoms with Gasteiger partial charge in [-0.2, -0.15) is 5.26 Å². The van der Waals surface area contributed by atoms with Gasteiger partial charge < -0.3 is 4.74 Å². The molecule has 1 unspecified atom stereocenters. The molecule has 1 aromatic carbocycles. The summed E-state index contributed by atoms with van der Waals surface area (Å²) in [4.78, 5) is 2.31. The largest absolute Gasteiger partial charge is 0.358 e. The van der Waals surface area contributed by atoms with Crippen LogP contribution < -0.4 is 0 Å². The van der Waals surface area contributed by atoms with Gasteiger partial charge in [-0.25, -0.2) is 0 Å². The van der Waals surface area contributed by atoms with Crippen LogP contribution in [0.1, 0.15) is 25.5 Å². The molecule has 1 saturated heterocycles. The second kappa shape index (κ2) is 4.87. The predicted molar refractivity (Wildman–Crippen MR) is 66.4 cm³/mol. The Hall–Kier alpha value is -1.37. The van der Waals surface area contributed by atoms with Crippen LogP contribution in [-0.4, -0.2) is 30.2 Å². The topological polar surface area (TPSA) is 36.3 Å². The fourth-order valence-corrected chi connectivity index (χ4v) is 2.24. The van der Waals surface area contributed by atoms with Gasteiger partial charge >= 0.3 is 0 Å². The number of nitrogens with zero attached hydrogens (tertiary/aromatic N) is 2. The summed E-state index contributed by atoms with van der Waals surface area (Å²) >= 11 is 0. The smallest absolute Gasteiger partial charge is 0.164 e. The van der Waals surface area contributed by atoms with Crippen molar-refractivity contribution in [3.63, 3.8) is 0 Å². The van der Waals surface area contributed by atoms with E-state index < -0.39 is 5.60 Å². The Balaban J connectivity index is 2.11. The zero-order valence-corrected chi connectivity index (χ0v) is 10.4. The van der Waals surface area contributed by atoms with Gasteiger partial charge in [-0.3, -0.25) is 4.90 Å². The molecule has 3 nitrogen and oxygen atoms in total. The van der Waals surface area contributed by atoms with E-state index >= 15 is 0 Å². The van der Waals surface area contributed by atoms with E-state index in [0.29, 0.717) is 19.2 Å². The average molecular weight is 230 g/mol. The first-order valence-electron chi connectivity index (χ1n) is 5.99. The van der Waals surface area contributed by atoms with E-state index in [1.165, 1.54) is 5.56 Å². The minimum absolute atomic E-state index is 0.327. The van der Waals surface area contributed by atoms with Gasteiger partial charge in [0.2, 0.25) is 0 Å². The van der Waals surface area contributed by atoms with Crippen molar-refractivity contribution >= 4 is 0 Å². The van der Waals surface area contributed by atoms with Crippen molar-refractivity contribution in [1.82, 2.24) is 4.90 Å². The Bertz CT molecular complexity index is 412. The number of rotatable bonds is 2. The highest BCUT2D eigenvalue weighted by atomic mass is 16.5. The van der Waals surface area contributed by atoms with Crippen LogP contribution in [0.4, 0.5) is 0 Å². The monoisotopic (exact) mass is 230 g/mol. The van der Waals surface area contributed by atoms with Crippen LogP contribution in [0.15, 0.2) is 30.3 Å². The van der Waals surface area contributed by atoms with E-state index in [1.54, 1.807) is 0 Å². The van der Waals surface area contributed by atoms with Crippen molar-refractivity contribution in [2.24, 2.45) is 0 Å². The van der Waals surface area contributed by atoms with Crippen molar-refractivity contribution in [3.05, 3.63) is 35.9 Å². The fraction of sp³-hybridized carbons (Fsp3) is 0.500. The molecule has 2 rings (SSSR count). The van der Waals surface area contributed by atoms with E-state index in [0.717, 1.165) is 6.54 Å². The van der Waals surface area contributed by atoms with Crippen molar-refractivity contribution < 1.29 is 4.74 Å². The molecule has 90 valence electrons. The Kier molecular flexibility index (Phi) is 3.46. The van der Waals surface area contributed by atoms with Crippen LogP contribution in [0.5, 0.6) is 0 Å². The Morgan fingerprint density at radius 2 is 2.12 bits per heavy atom. The molecule has 1 aliphatic heterocycles. The summed E-state index contributed by atoms with van der Waals surface area (Å²) < 4.78 is 5.53. The highest BCUT2D eigenvalue weighted by molar-refractivity contribution is 5.19. The van der Waals surface area contributed by atoms with Gasteiger partial charge in [-0.05, 0) is 19.4 Å². The molecule has 1 aliphatic rings. The molecule has 1 aromatic rings. The van der Waals surface area contributed by atoms with E-state index in [-0.39, 0.29) is 0 Å². The highest BCUT2D eigenvalue weighted by Crippen LogP contribution is 2.26.